The number of fused-ring (bicyclic) bond motifs is 3. The molecule has 0 saturated carbocycles. The highest BCUT2D eigenvalue weighted by molar-refractivity contribution is 5.92. The number of amides is 1. The Balaban J connectivity index is 1.07. The van der Waals surface area contributed by atoms with Crippen LogP contribution in [0.5, 0.6) is 0 Å². The molecule has 8 heteroatoms. The summed E-state index contributed by atoms with van der Waals surface area (Å²) in [5.74, 6) is 1.12. The van der Waals surface area contributed by atoms with Gasteiger partial charge in [0.25, 0.3) is 5.91 Å². The minimum Gasteiger partial charge on any atom is -0.337 e. The SMILES string of the molecule is Cc1nc2ccccc2n1C1C[C@H]2CC[C@@H](C1)N2CCC1(c2ccccc2)CCN(C(=O)c2cn[nH]n2)CC1. The van der Waals surface area contributed by atoms with Gasteiger partial charge in [0.15, 0.2) is 5.69 Å². The normalized spacial score (nSPS) is 24.8. The number of benzene rings is 2. The first kappa shape index (κ1) is 24.5. The van der Waals surface area contributed by atoms with Gasteiger partial charge in [0, 0.05) is 31.2 Å². The first-order valence-electron chi connectivity index (χ1n) is 14.5. The molecule has 0 spiro atoms. The zero-order chi connectivity index (χ0) is 26.4. The van der Waals surface area contributed by atoms with E-state index in [0.717, 1.165) is 50.2 Å². The van der Waals surface area contributed by atoms with E-state index in [1.807, 2.05) is 4.90 Å². The number of aromatic amines is 1. The number of H-pyrrole nitrogens is 1. The summed E-state index contributed by atoms with van der Waals surface area (Å²) in [7, 11) is 0. The first-order valence-corrected chi connectivity index (χ1v) is 14.5. The van der Waals surface area contributed by atoms with Crippen LogP contribution in [0.3, 0.4) is 0 Å². The maximum absolute atomic E-state index is 12.9. The number of carbonyl (C=O) groups is 1. The minimum atomic E-state index is -0.0205. The molecule has 8 nitrogen and oxygen atoms in total. The van der Waals surface area contributed by atoms with Crippen LogP contribution in [0.1, 0.15) is 72.9 Å². The standard InChI is InChI=1S/C31H37N7O/c1-22-33-27-9-5-6-10-29(27)38(22)26-19-24-11-12-25(20-26)37(24)18-15-31(23-7-3-2-4-8-23)13-16-36(17-14-31)30(39)28-21-32-35-34-28/h2-10,21,24-26H,11-20H2,1H3,(H,32,34,35)/t24-,25+,26?. The Kier molecular flexibility index (Phi) is 6.22. The van der Waals surface area contributed by atoms with Crippen molar-refractivity contribution in [3.8, 4) is 0 Å². The van der Waals surface area contributed by atoms with Gasteiger partial charge >= 0.3 is 0 Å². The highest BCUT2D eigenvalue weighted by atomic mass is 16.2. The predicted octanol–water partition coefficient (Wildman–Crippen LogP) is 4.90. The highest BCUT2D eigenvalue weighted by Gasteiger charge is 2.44. The average molecular weight is 524 g/mol. The van der Waals surface area contributed by atoms with Crippen LogP contribution in [0.2, 0.25) is 0 Å². The zero-order valence-electron chi connectivity index (χ0n) is 22.7. The van der Waals surface area contributed by atoms with Crippen molar-refractivity contribution >= 4 is 16.9 Å². The molecule has 0 aliphatic carbocycles. The zero-order valence-corrected chi connectivity index (χ0v) is 22.7. The Bertz CT molecular complexity index is 1420. The number of aryl methyl sites for hydroxylation is 1. The summed E-state index contributed by atoms with van der Waals surface area (Å²) in [4.78, 5) is 22.6. The number of para-hydroxylation sites is 2. The van der Waals surface area contributed by atoms with Crippen LogP contribution in [0.15, 0.2) is 60.8 Å². The van der Waals surface area contributed by atoms with E-state index in [1.54, 1.807) is 0 Å². The third kappa shape index (κ3) is 4.35. The van der Waals surface area contributed by atoms with Gasteiger partial charge < -0.3 is 9.47 Å². The number of aromatic nitrogens is 5. The van der Waals surface area contributed by atoms with Gasteiger partial charge in [0.05, 0.1) is 17.2 Å². The Morgan fingerprint density at radius 1 is 0.974 bits per heavy atom. The number of nitrogens with zero attached hydrogens (tertiary/aromatic N) is 6. The third-order valence-corrected chi connectivity index (χ3v) is 9.87. The van der Waals surface area contributed by atoms with Crippen molar-refractivity contribution in [2.75, 3.05) is 19.6 Å². The van der Waals surface area contributed by atoms with Crippen molar-refractivity contribution in [3.63, 3.8) is 0 Å². The summed E-state index contributed by atoms with van der Waals surface area (Å²) in [5, 5.41) is 10.4. The summed E-state index contributed by atoms with van der Waals surface area (Å²) in [6, 6.07) is 21.4. The number of rotatable bonds is 6. The van der Waals surface area contributed by atoms with Crippen LogP contribution >= 0.6 is 0 Å². The molecule has 3 aliphatic rings. The summed E-state index contributed by atoms with van der Waals surface area (Å²) < 4.78 is 2.52. The molecule has 1 N–H and O–H groups in total. The van der Waals surface area contributed by atoms with Crippen molar-refractivity contribution in [1.29, 1.82) is 0 Å². The van der Waals surface area contributed by atoms with Gasteiger partial charge in [-0.2, -0.15) is 15.4 Å². The molecule has 39 heavy (non-hydrogen) atoms. The van der Waals surface area contributed by atoms with E-state index in [-0.39, 0.29) is 11.3 Å². The molecule has 3 fully saturated rings. The van der Waals surface area contributed by atoms with Crippen molar-refractivity contribution in [2.24, 2.45) is 0 Å². The molecule has 1 unspecified atom stereocenters. The molecule has 2 aromatic heterocycles. The maximum atomic E-state index is 12.9. The third-order valence-electron chi connectivity index (χ3n) is 9.87. The fourth-order valence-electron chi connectivity index (χ4n) is 7.87. The van der Waals surface area contributed by atoms with Gasteiger partial charge in [0.1, 0.15) is 5.82 Å². The number of nitrogens with one attached hydrogen (secondary N) is 1. The molecule has 2 bridgehead atoms. The molecular formula is C31H37N7O. The van der Waals surface area contributed by atoms with Crippen LogP contribution in [0.25, 0.3) is 11.0 Å². The van der Waals surface area contributed by atoms with Crippen LogP contribution in [0, 0.1) is 6.92 Å². The second kappa shape index (κ2) is 9.90. The topological polar surface area (TPSA) is 82.9 Å². The predicted molar refractivity (Wildman–Crippen MR) is 151 cm³/mol. The molecule has 202 valence electrons. The lowest BCUT2D eigenvalue weighted by atomic mass is 9.70. The van der Waals surface area contributed by atoms with Crippen molar-refractivity contribution in [1.82, 2.24) is 34.8 Å². The van der Waals surface area contributed by atoms with E-state index in [4.69, 9.17) is 4.98 Å². The number of carbonyl (C=O) groups excluding carboxylic acids is 1. The number of hydrogen-bond donors (Lipinski definition) is 1. The van der Waals surface area contributed by atoms with Crippen LogP contribution in [-0.4, -0.2) is 72.4 Å². The van der Waals surface area contributed by atoms with Gasteiger partial charge in [-0.3, -0.25) is 9.69 Å². The van der Waals surface area contributed by atoms with E-state index < -0.39 is 0 Å². The molecule has 7 rings (SSSR count). The van der Waals surface area contributed by atoms with Gasteiger partial charge in [-0.25, -0.2) is 4.98 Å². The van der Waals surface area contributed by atoms with Crippen molar-refractivity contribution in [2.45, 2.75) is 75.4 Å². The van der Waals surface area contributed by atoms with E-state index in [9.17, 15) is 4.79 Å². The van der Waals surface area contributed by atoms with Gasteiger partial charge in [-0.15, -0.1) is 0 Å². The smallest absolute Gasteiger partial charge is 0.276 e. The lowest BCUT2D eigenvalue weighted by Crippen LogP contribution is -2.49. The van der Waals surface area contributed by atoms with Gasteiger partial charge in [0.2, 0.25) is 0 Å². The summed E-state index contributed by atoms with van der Waals surface area (Å²) in [5.41, 5.74) is 4.31. The highest BCUT2D eigenvalue weighted by Crippen LogP contribution is 2.45. The Morgan fingerprint density at radius 3 is 2.41 bits per heavy atom. The molecule has 1 amide bonds. The minimum absolute atomic E-state index is 0.0205. The molecule has 3 saturated heterocycles. The van der Waals surface area contributed by atoms with E-state index >= 15 is 0 Å². The molecule has 2 aromatic carbocycles. The molecular weight excluding hydrogens is 486 g/mol. The fraction of sp³-hybridized carbons (Fsp3) is 0.484. The average Bonchev–Trinajstić information content (AvgIpc) is 3.68. The number of imidazole rings is 1. The quantitative estimate of drug-likeness (QED) is 0.389. The lowest BCUT2D eigenvalue weighted by Gasteiger charge is -2.45. The molecule has 3 aliphatic heterocycles. The van der Waals surface area contributed by atoms with Crippen LogP contribution < -0.4 is 0 Å². The van der Waals surface area contributed by atoms with Crippen molar-refractivity contribution < 1.29 is 4.79 Å². The number of hydrogen-bond acceptors (Lipinski definition) is 5. The Hall–Kier alpha value is -3.52. The van der Waals surface area contributed by atoms with Gasteiger partial charge in [-0.1, -0.05) is 42.5 Å². The maximum Gasteiger partial charge on any atom is 0.276 e. The molecule has 3 atom stereocenters. The summed E-state index contributed by atoms with van der Waals surface area (Å²) >= 11 is 0. The fourth-order valence-corrected chi connectivity index (χ4v) is 7.87. The number of likely N-dealkylation sites (tertiary alicyclic amines) is 1. The van der Waals surface area contributed by atoms with E-state index in [2.05, 4.69) is 86.4 Å². The first-order chi connectivity index (χ1) is 19.1. The second-order valence-corrected chi connectivity index (χ2v) is 11.8. The Morgan fingerprint density at radius 2 is 1.69 bits per heavy atom. The Labute approximate surface area is 229 Å². The second-order valence-electron chi connectivity index (χ2n) is 11.8. The van der Waals surface area contributed by atoms with E-state index in [0.29, 0.717) is 23.8 Å². The lowest BCUT2D eigenvalue weighted by molar-refractivity contribution is 0.0602. The monoisotopic (exact) mass is 523 g/mol. The van der Waals surface area contributed by atoms with Crippen LogP contribution in [-0.2, 0) is 5.41 Å². The van der Waals surface area contributed by atoms with Gasteiger partial charge in [-0.05, 0) is 81.5 Å². The molecule has 4 aromatic rings. The van der Waals surface area contributed by atoms with Crippen molar-refractivity contribution in [3.05, 3.63) is 77.9 Å². The molecule has 5 heterocycles. The van der Waals surface area contributed by atoms with E-state index in [1.165, 1.54) is 43.0 Å². The number of piperidine rings is 2. The summed E-state index contributed by atoms with van der Waals surface area (Å²) in [6.45, 7) is 4.79. The molecule has 0 radical (unpaired) electrons. The van der Waals surface area contributed by atoms with Crippen LogP contribution in [0.4, 0.5) is 0 Å². The summed E-state index contributed by atoms with van der Waals surface area (Å²) in [6.07, 6.45) is 9.62. The largest absolute Gasteiger partial charge is 0.337 e.